The molecule has 132 valence electrons. The Labute approximate surface area is 147 Å². The molecule has 2 fully saturated rings. The van der Waals surface area contributed by atoms with Gasteiger partial charge >= 0.3 is 5.97 Å². The summed E-state index contributed by atoms with van der Waals surface area (Å²) in [5, 5.41) is 10.0. The first-order valence-electron chi connectivity index (χ1n) is 8.82. The van der Waals surface area contributed by atoms with Crippen molar-refractivity contribution in [1.82, 2.24) is 0 Å². The summed E-state index contributed by atoms with van der Waals surface area (Å²) in [6, 6.07) is 5.68. The normalized spacial score (nSPS) is 21.2. The third-order valence-electron chi connectivity index (χ3n) is 5.28. The zero-order valence-electron chi connectivity index (χ0n) is 14.3. The molecule has 1 aromatic carbocycles. The third-order valence-corrected chi connectivity index (χ3v) is 6.33. The quantitative estimate of drug-likeness (QED) is 0.860. The van der Waals surface area contributed by atoms with Gasteiger partial charge in [-0.1, -0.05) is 31.4 Å². The van der Waals surface area contributed by atoms with Crippen LogP contribution in [0.1, 0.15) is 50.5 Å². The van der Waals surface area contributed by atoms with Crippen molar-refractivity contribution in [2.45, 2.75) is 56.5 Å². The molecule has 1 aromatic rings. The van der Waals surface area contributed by atoms with Crippen LogP contribution in [0.3, 0.4) is 0 Å². The zero-order valence-corrected chi connectivity index (χ0v) is 15.1. The number of ether oxygens (including phenoxy) is 2. The molecule has 0 amide bonds. The van der Waals surface area contributed by atoms with Crippen LogP contribution in [0, 0.1) is 0 Å². The maximum absolute atomic E-state index is 12.2. The third kappa shape index (κ3) is 3.37. The van der Waals surface area contributed by atoms with E-state index in [0.717, 1.165) is 49.2 Å². The highest BCUT2D eigenvalue weighted by molar-refractivity contribution is 7.99. The van der Waals surface area contributed by atoms with Crippen LogP contribution in [0.4, 0.5) is 0 Å². The molecule has 0 unspecified atom stereocenters. The summed E-state index contributed by atoms with van der Waals surface area (Å²) < 4.78 is 11.9. The Bertz CT molecular complexity index is 575. The number of benzene rings is 1. The fraction of sp³-hybridized carbons (Fsp3) is 0.632. The molecule has 0 spiro atoms. The largest absolute Gasteiger partial charge is 0.493 e. The Balaban J connectivity index is 2.00. The highest BCUT2D eigenvalue weighted by atomic mass is 32.2. The molecule has 4 nitrogen and oxygen atoms in total. The topological polar surface area (TPSA) is 55.8 Å². The van der Waals surface area contributed by atoms with E-state index in [4.69, 9.17) is 9.47 Å². The predicted octanol–water partition coefficient (Wildman–Crippen LogP) is 4.26. The summed E-state index contributed by atoms with van der Waals surface area (Å²) in [6.45, 7) is 0. The first-order chi connectivity index (χ1) is 11.7. The minimum absolute atomic E-state index is 0.149. The minimum Gasteiger partial charge on any atom is -0.493 e. The van der Waals surface area contributed by atoms with E-state index in [-0.39, 0.29) is 6.10 Å². The second-order valence-corrected chi connectivity index (χ2v) is 7.94. The molecule has 2 aliphatic rings. The van der Waals surface area contributed by atoms with Gasteiger partial charge in [-0.3, -0.25) is 4.79 Å². The number of methoxy groups -OCH3 is 1. The van der Waals surface area contributed by atoms with Crippen molar-refractivity contribution < 1.29 is 19.4 Å². The van der Waals surface area contributed by atoms with Crippen molar-refractivity contribution in [3.05, 3.63) is 23.8 Å². The SMILES string of the molecule is COc1cccc(C2(C(=O)O)CCCCC2)c1OC1CCSCC1. The molecule has 0 atom stereocenters. The molecule has 1 saturated heterocycles. The average molecular weight is 350 g/mol. The lowest BCUT2D eigenvalue weighted by atomic mass is 9.69. The molecule has 3 rings (SSSR count). The lowest BCUT2D eigenvalue weighted by molar-refractivity contribution is -0.145. The molecule has 1 saturated carbocycles. The molecule has 24 heavy (non-hydrogen) atoms. The van der Waals surface area contributed by atoms with E-state index in [0.29, 0.717) is 24.3 Å². The number of rotatable bonds is 5. The molecule has 5 heteroatoms. The molecule has 1 heterocycles. The molecular formula is C19H26O4S. The first-order valence-corrected chi connectivity index (χ1v) is 9.98. The van der Waals surface area contributed by atoms with Crippen molar-refractivity contribution in [3.63, 3.8) is 0 Å². The van der Waals surface area contributed by atoms with Gasteiger partial charge in [-0.25, -0.2) is 0 Å². The Morgan fingerprint density at radius 2 is 1.92 bits per heavy atom. The van der Waals surface area contributed by atoms with Gasteiger partial charge in [-0.05, 0) is 43.3 Å². The van der Waals surface area contributed by atoms with E-state index in [1.165, 1.54) is 0 Å². The van der Waals surface area contributed by atoms with Gasteiger partial charge < -0.3 is 14.6 Å². The number of hydrogen-bond donors (Lipinski definition) is 1. The number of hydrogen-bond acceptors (Lipinski definition) is 4. The van der Waals surface area contributed by atoms with Crippen molar-refractivity contribution in [2.75, 3.05) is 18.6 Å². The predicted molar refractivity (Wildman–Crippen MR) is 96.4 cm³/mol. The van der Waals surface area contributed by atoms with Crippen molar-refractivity contribution in [1.29, 1.82) is 0 Å². The number of carbonyl (C=O) groups is 1. The Morgan fingerprint density at radius 1 is 1.21 bits per heavy atom. The fourth-order valence-corrected chi connectivity index (χ4v) is 4.95. The van der Waals surface area contributed by atoms with Crippen molar-refractivity contribution in [3.8, 4) is 11.5 Å². The Kier molecular flexibility index (Phi) is 5.59. The number of carboxylic acids is 1. The van der Waals surface area contributed by atoms with E-state index >= 15 is 0 Å². The maximum Gasteiger partial charge on any atom is 0.314 e. The molecule has 0 bridgehead atoms. The Morgan fingerprint density at radius 3 is 2.54 bits per heavy atom. The van der Waals surface area contributed by atoms with Crippen molar-refractivity contribution >= 4 is 17.7 Å². The summed E-state index contributed by atoms with van der Waals surface area (Å²) >= 11 is 1.95. The van der Waals surface area contributed by atoms with E-state index < -0.39 is 11.4 Å². The summed E-state index contributed by atoms with van der Waals surface area (Å²) in [5.74, 6) is 2.76. The van der Waals surface area contributed by atoms with Gasteiger partial charge in [0, 0.05) is 5.56 Å². The first kappa shape index (κ1) is 17.5. The molecule has 1 N–H and O–H groups in total. The zero-order chi connectivity index (χ0) is 17.0. The number of carboxylic acid groups (broad SMARTS) is 1. The van der Waals surface area contributed by atoms with Gasteiger partial charge in [0.25, 0.3) is 0 Å². The van der Waals surface area contributed by atoms with Gasteiger partial charge in [-0.15, -0.1) is 0 Å². The molecule has 1 aliphatic heterocycles. The average Bonchev–Trinajstić information content (AvgIpc) is 2.63. The smallest absolute Gasteiger partial charge is 0.314 e. The van der Waals surface area contributed by atoms with Crippen LogP contribution in [0.2, 0.25) is 0 Å². The highest BCUT2D eigenvalue weighted by Gasteiger charge is 2.44. The van der Waals surface area contributed by atoms with Crippen molar-refractivity contribution in [2.24, 2.45) is 0 Å². The van der Waals surface area contributed by atoms with E-state index in [2.05, 4.69) is 0 Å². The van der Waals surface area contributed by atoms with Gasteiger partial charge in [0.15, 0.2) is 11.5 Å². The van der Waals surface area contributed by atoms with Crippen LogP contribution >= 0.6 is 11.8 Å². The summed E-state index contributed by atoms with van der Waals surface area (Å²) in [4.78, 5) is 12.2. The number of thioether (sulfide) groups is 1. The van der Waals surface area contributed by atoms with Crippen LogP contribution in [0.5, 0.6) is 11.5 Å². The second-order valence-electron chi connectivity index (χ2n) is 6.71. The monoisotopic (exact) mass is 350 g/mol. The molecular weight excluding hydrogens is 324 g/mol. The summed E-state index contributed by atoms with van der Waals surface area (Å²) in [6.07, 6.45) is 6.50. The molecule has 0 radical (unpaired) electrons. The minimum atomic E-state index is -0.842. The van der Waals surface area contributed by atoms with Gasteiger partial charge in [0.2, 0.25) is 0 Å². The van der Waals surface area contributed by atoms with E-state index in [1.54, 1.807) is 7.11 Å². The van der Waals surface area contributed by atoms with Crippen LogP contribution in [-0.2, 0) is 10.2 Å². The summed E-state index contributed by atoms with van der Waals surface area (Å²) in [5.41, 5.74) is -0.0433. The van der Waals surface area contributed by atoms with Crippen LogP contribution < -0.4 is 9.47 Å². The lowest BCUT2D eigenvalue weighted by Gasteiger charge is -2.36. The summed E-state index contributed by atoms with van der Waals surface area (Å²) in [7, 11) is 1.62. The molecule has 1 aliphatic carbocycles. The van der Waals surface area contributed by atoms with Gasteiger partial charge in [0.1, 0.15) is 6.10 Å². The maximum atomic E-state index is 12.2. The second kappa shape index (κ2) is 7.68. The fourth-order valence-electron chi connectivity index (χ4n) is 3.89. The van der Waals surface area contributed by atoms with Gasteiger partial charge in [0.05, 0.1) is 12.5 Å². The van der Waals surface area contributed by atoms with Crippen LogP contribution in [-0.4, -0.2) is 35.8 Å². The Hall–Kier alpha value is -1.36. The lowest BCUT2D eigenvalue weighted by Crippen LogP contribution is -2.38. The van der Waals surface area contributed by atoms with Crippen LogP contribution in [0.15, 0.2) is 18.2 Å². The van der Waals surface area contributed by atoms with Crippen LogP contribution in [0.25, 0.3) is 0 Å². The molecule has 0 aromatic heterocycles. The van der Waals surface area contributed by atoms with Gasteiger partial charge in [-0.2, -0.15) is 11.8 Å². The van der Waals surface area contributed by atoms with E-state index in [9.17, 15) is 9.90 Å². The van der Waals surface area contributed by atoms with E-state index in [1.807, 2.05) is 30.0 Å². The standard InChI is InChI=1S/C19H26O4S/c1-22-16-7-5-6-15(17(16)23-14-8-12-24-13-9-14)19(18(20)21)10-3-2-4-11-19/h5-7,14H,2-4,8-13H2,1H3,(H,20,21). The number of aliphatic carboxylic acids is 1. The highest BCUT2D eigenvalue weighted by Crippen LogP contribution is 2.47. The number of para-hydroxylation sites is 1.